The van der Waals surface area contributed by atoms with Crippen LogP contribution in [0.5, 0.6) is 11.5 Å². The molecule has 3 aromatic rings. The third-order valence-electron chi connectivity index (χ3n) is 3.40. The minimum Gasteiger partial charge on any atom is -0.497 e. The molecule has 5 nitrogen and oxygen atoms in total. The largest absolute Gasteiger partial charge is 0.497 e. The molecule has 0 spiro atoms. The highest BCUT2D eigenvalue weighted by Gasteiger charge is 2.16. The highest BCUT2D eigenvalue weighted by Crippen LogP contribution is 2.24. The maximum atomic E-state index is 14.2. The first-order valence-corrected chi connectivity index (χ1v) is 8.45. The van der Waals surface area contributed by atoms with E-state index in [2.05, 4.69) is 10.2 Å². The Labute approximate surface area is 143 Å². The monoisotopic (exact) mass is 345 g/mol. The molecular formula is C17H16FN3O2S. The van der Waals surface area contributed by atoms with Crippen molar-refractivity contribution in [3.8, 4) is 17.2 Å². The van der Waals surface area contributed by atoms with E-state index in [1.165, 1.54) is 17.8 Å². The van der Waals surface area contributed by atoms with E-state index in [4.69, 9.17) is 9.47 Å². The van der Waals surface area contributed by atoms with Crippen molar-refractivity contribution in [2.45, 2.75) is 11.8 Å². The Kier molecular flexibility index (Phi) is 5.00. The SMILES string of the molecule is COc1ccc(OCc2nnc(SC)n2-c2ccccc2F)cc1. The van der Waals surface area contributed by atoms with Crippen LogP contribution in [-0.2, 0) is 6.61 Å². The van der Waals surface area contributed by atoms with E-state index in [9.17, 15) is 4.39 Å². The second-order valence-corrected chi connectivity index (χ2v) is 5.63. The summed E-state index contributed by atoms with van der Waals surface area (Å²) in [6.07, 6.45) is 1.87. The standard InChI is InChI=1S/C17H16FN3O2S/c1-22-12-7-9-13(10-8-12)23-11-16-19-20-17(24-2)21(16)15-6-4-3-5-14(15)18/h3-10H,11H2,1-2H3. The molecule has 0 fully saturated rings. The Hall–Kier alpha value is -2.54. The Morgan fingerprint density at radius 1 is 1.04 bits per heavy atom. The van der Waals surface area contributed by atoms with E-state index in [0.717, 1.165) is 5.75 Å². The Bertz CT molecular complexity index is 821. The summed E-state index contributed by atoms with van der Waals surface area (Å²) in [4.78, 5) is 0. The molecule has 3 rings (SSSR count). The van der Waals surface area contributed by atoms with Gasteiger partial charge in [0.25, 0.3) is 0 Å². The van der Waals surface area contributed by atoms with Crippen molar-refractivity contribution in [3.63, 3.8) is 0 Å². The number of para-hydroxylation sites is 1. The molecule has 0 amide bonds. The number of rotatable bonds is 6. The predicted octanol–water partition coefficient (Wildman–Crippen LogP) is 3.72. The fourth-order valence-electron chi connectivity index (χ4n) is 2.22. The summed E-state index contributed by atoms with van der Waals surface area (Å²) in [6.45, 7) is 0.175. The van der Waals surface area contributed by atoms with Crippen molar-refractivity contribution >= 4 is 11.8 Å². The molecule has 0 radical (unpaired) electrons. The molecule has 7 heteroatoms. The number of aromatic nitrogens is 3. The lowest BCUT2D eigenvalue weighted by Crippen LogP contribution is -2.08. The summed E-state index contributed by atoms with van der Waals surface area (Å²) in [5.74, 6) is 1.62. The van der Waals surface area contributed by atoms with Gasteiger partial charge in [-0.05, 0) is 42.7 Å². The minimum absolute atomic E-state index is 0.175. The number of halogens is 1. The number of hydrogen-bond donors (Lipinski definition) is 0. The van der Waals surface area contributed by atoms with Gasteiger partial charge in [-0.15, -0.1) is 10.2 Å². The van der Waals surface area contributed by atoms with Crippen molar-refractivity contribution in [1.29, 1.82) is 0 Å². The Morgan fingerprint density at radius 2 is 1.75 bits per heavy atom. The Balaban J connectivity index is 1.86. The van der Waals surface area contributed by atoms with Crippen LogP contribution < -0.4 is 9.47 Å². The molecule has 1 heterocycles. The van der Waals surface area contributed by atoms with Crippen LogP contribution in [0.3, 0.4) is 0 Å². The summed E-state index contributed by atoms with van der Waals surface area (Å²) < 4.78 is 26.7. The predicted molar refractivity (Wildman–Crippen MR) is 90.4 cm³/mol. The quantitative estimate of drug-likeness (QED) is 0.637. The second kappa shape index (κ2) is 7.35. The molecule has 0 unspecified atom stereocenters. The van der Waals surface area contributed by atoms with Gasteiger partial charge in [-0.1, -0.05) is 23.9 Å². The maximum Gasteiger partial charge on any atom is 0.195 e. The van der Waals surface area contributed by atoms with Crippen LogP contribution in [0.2, 0.25) is 0 Å². The van der Waals surface area contributed by atoms with Gasteiger partial charge in [-0.3, -0.25) is 4.57 Å². The third kappa shape index (κ3) is 3.35. The zero-order valence-corrected chi connectivity index (χ0v) is 14.1. The molecule has 0 saturated heterocycles. The van der Waals surface area contributed by atoms with E-state index in [1.54, 1.807) is 42.0 Å². The summed E-state index contributed by atoms with van der Waals surface area (Å²) in [5.41, 5.74) is 0.403. The summed E-state index contributed by atoms with van der Waals surface area (Å²) in [7, 11) is 1.61. The van der Waals surface area contributed by atoms with Crippen LogP contribution >= 0.6 is 11.8 Å². The van der Waals surface area contributed by atoms with Crippen molar-refractivity contribution < 1.29 is 13.9 Å². The molecule has 124 valence electrons. The van der Waals surface area contributed by atoms with Crippen LogP contribution in [0, 0.1) is 5.82 Å². The lowest BCUT2D eigenvalue weighted by atomic mass is 10.3. The van der Waals surface area contributed by atoms with E-state index in [-0.39, 0.29) is 12.4 Å². The fraction of sp³-hybridized carbons (Fsp3) is 0.176. The van der Waals surface area contributed by atoms with Gasteiger partial charge in [0.15, 0.2) is 11.0 Å². The van der Waals surface area contributed by atoms with Crippen LogP contribution in [0.25, 0.3) is 5.69 Å². The summed E-state index contributed by atoms with van der Waals surface area (Å²) >= 11 is 1.40. The Morgan fingerprint density at radius 3 is 2.42 bits per heavy atom. The van der Waals surface area contributed by atoms with Crippen LogP contribution in [0.4, 0.5) is 4.39 Å². The first-order chi connectivity index (χ1) is 11.7. The third-order valence-corrected chi connectivity index (χ3v) is 4.03. The molecule has 0 aliphatic rings. The normalized spacial score (nSPS) is 10.6. The lowest BCUT2D eigenvalue weighted by Gasteiger charge is -2.11. The van der Waals surface area contributed by atoms with Crippen LogP contribution in [0.1, 0.15) is 5.82 Å². The fourth-order valence-corrected chi connectivity index (χ4v) is 2.73. The van der Waals surface area contributed by atoms with Crippen molar-refractivity contribution in [3.05, 3.63) is 60.2 Å². The van der Waals surface area contributed by atoms with Gasteiger partial charge >= 0.3 is 0 Å². The maximum absolute atomic E-state index is 14.2. The first kappa shape index (κ1) is 16.3. The van der Waals surface area contributed by atoms with Gasteiger partial charge in [0.1, 0.15) is 23.9 Å². The van der Waals surface area contributed by atoms with Gasteiger partial charge in [0, 0.05) is 0 Å². The number of hydrogen-bond acceptors (Lipinski definition) is 5. The first-order valence-electron chi connectivity index (χ1n) is 7.23. The van der Waals surface area contributed by atoms with Crippen molar-refractivity contribution in [1.82, 2.24) is 14.8 Å². The molecule has 2 aromatic carbocycles. The zero-order chi connectivity index (χ0) is 16.9. The second-order valence-electron chi connectivity index (χ2n) is 4.85. The van der Waals surface area contributed by atoms with Gasteiger partial charge in [0.05, 0.1) is 12.8 Å². The molecule has 1 aromatic heterocycles. The summed E-state index contributed by atoms with van der Waals surface area (Å²) in [6, 6.07) is 13.7. The van der Waals surface area contributed by atoms with Gasteiger partial charge in [-0.25, -0.2) is 4.39 Å². The zero-order valence-electron chi connectivity index (χ0n) is 13.3. The van der Waals surface area contributed by atoms with Gasteiger partial charge in [-0.2, -0.15) is 0 Å². The van der Waals surface area contributed by atoms with Gasteiger partial charge in [0.2, 0.25) is 0 Å². The number of ether oxygens (including phenoxy) is 2. The number of benzene rings is 2. The number of thioether (sulfide) groups is 1. The molecule has 0 N–H and O–H groups in total. The molecular weight excluding hydrogens is 329 g/mol. The van der Waals surface area contributed by atoms with E-state index in [1.807, 2.05) is 18.4 Å². The van der Waals surface area contributed by atoms with Crippen LogP contribution in [-0.4, -0.2) is 28.1 Å². The number of nitrogens with zero attached hydrogens (tertiary/aromatic N) is 3. The molecule has 0 atom stereocenters. The van der Waals surface area contributed by atoms with E-state index < -0.39 is 0 Å². The molecule has 24 heavy (non-hydrogen) atoms. The highest BCUT2D eigenvalue weighted by atomic mass is 32.2. The average Bonchev–Trinajstić information content (AvgIpc) is 3.03. The van der Waals surface area contributed by atoms with E-state index >= 15 is 0 Å². The lowest BCUT2D eigenvalue weighted by molar-refractivity contribution is 0.292. The van der Waals surface area contributed by atoms with Gasteiger partial charge < -0.3 is 9.47 Å². The highest BCUT2D eigenvalue weighted by molar-refractivity contribution is 7.98. The van der Waals surface area contributed by atoms with Crippen LogP contribution in [0.15, 0.2) is 53.7 Å². The molecule has 0 aliphatic carbocycles. The smallest absolute Gasteiger partial charge is 0.195 e. The van der Waals surface area contributed by atoms with E-state index in [0.29, 0.717) is 22.4 Å². The molecule has 0 bridgehead atoms. The minimum atomic E-state index is -0.335. The molecule has 0 aliphatic heterocycles. The number of methoxy groups -OCH3 is 1. The topological polar surface area (TPSA) is 49.2 Å². The molecule has 0 saturated carbocycles. The summed E-state index contributed by atoms with van der Waals surface area (Å²) in [5, 5.41) is 8.84. The van der Waals surface area contributed by atoms with Crippen molar-refractivity contribution in [2.75, 3.05) is 13.4 Å². The van der Waals surface area contributed by atoms with Crippen molar-refractivity contribution in [2.24, 2.45) is 0 Å². The average molecular weight is 345 g/mol.